The van der Waals surface area contributed by atoms with Crippen LogP contribution in [0, 0.1) is 5.92 Å². The third kappa shape index (κ3) is 4.11. The molecule has 1 atom stereocenters. The Morgan fingerprint density at radius 3 is 2.35 bits per heavy atom. The number of carboxylic acids is 1. The number of fused-ring (bicyclic) bond motifs is 3. The quantitative estimate of drug-likeness (QED) is 0.394. The molecule has 2 aromatic heterocycles. The standard InChI is InChI=1S/C23H23NO5S2/c1-4-15-6-10-21(30-15)14-5-8-17-18-9-7-16(12-20(18)29-19(17)11-14)31(27,28)24-22(13(2)3)23(25)26/h5-13,22,24H,4H2,1-3H3,(H,25,26)/t22-/m0/s1. The van der Waals surface area contributed by atoms with Gasteiger partial charge < -0.3 is 9.52 Å². The monoisotopic (exact) mass is 457 g/mol. The molecule has 162 valence electrons. The zero-order chi connectivity index (χ0) is 22.3. The van der Waals surface area contributed by atoms with Crippen LogP contribution in [0.2, 0.25) is 0 Å². The molecule has 2 aromatic carbocycles. The molecule has 0 aliphatic carbocycles. The number of aliphatic carboxylic acids is 1. The summed E-state index contributed by atoms with van der Waals surface area (Å²) < 4.78 is 33.8. The zero-order valence-electron chi connectivity index (χ0n) is 17.4. The SMILES string of the molecule is CCc1ccc(-c2ccc3c(c2)oc2cc(S(=O)(=O)N[C@H](C(=O)O)C(C)C)ccc23)s1. The van der Waals surface area contributed by atoms with Gasteiger partial charge in [0.25, 0.3) is 0 Å². The number of hydrogen-bond donors (Lipinski definition) is 2. The van der Waals surface area contributed by atoms with Crippen LogP contribution in [-0.2, 0) is 21.2 Å². The van der Waals surface area contributed by atoms with E-state index in [4.69, 9.17) is 4.42 Å². The summed E-state index contributed by atoms with van der Waals surface area (Å²) in [6, 6.07) is 13.6. The van der Waals surface area contributed by atoms with Crippen molar-refractivity contribution in [1.29, 1.82) is 0 Å². The van der Waals surface area contributed by atoms with Crippen molar-refractivity contribution in [2.24, 2.45) is 5.92 Å². The topological polar surface area (TPSA) is 96.6 Å². The van der Waals surface area contributed by atoms with Gasteiger partial charge >= 0.3 is 5.97 Å². The van der Waals surface area contributed by atoms with E-state index in [2.05, 4.69) is 23.8 Å². The average molecular weight is 458 g/mol. The van der Waals surface area contributed by atoms with Gasteiger partial charge in [-0.25, -0.2) is 8.42 Å². The van der Waals surface area contributed by atoms with E-state index in [1.54, 1.807) is 31.3 Å². The van der Waals surface area contributed by atoms with Crippen molar-refractivity contribution in [2.45, 2.75) is 38.1 Å². The fourth-order valence-corrected chi connectivity index (χ4v) is 5.80. The highest BCUT2D eigenvalue weighted by Gasteiger charge is 2.28. The van der Waals surface area contributed by atoms with Crippen molar-refractivity contribution in [2.75, 3.05) is 0 Å². The number of rotatable bonds is 7. The second-order valence-corrected chi connectivity index (χ2v) is 10.7. The predicted molar refractivity (Wildman–Crippen MR) is 123 cm³/mol. The van der Waals surface area contributed by atoms with E-state index >= 15 is 0 Å². The van der Waals surface area contributed by atoms with Crippen LogP contribution in [0.15, 0.2) is 57.8 Å². The second kappa shape index (κ2) is 8.11. The molecule has 4 rings (SSSR count). The summed E-state index contributed by atoms with van der Waals surface area (Å²) >= 11 is 1.74. The predicted octanol–water partition coefficient (Wildman–Crippen LogP) is 5.26. The Bertz CT molecular complexity index is 1380. The second-order valence-electron chi connectivity index (χ2n) is 7.77. The van der Waals surface area contributed by atoms with Gasteiger partial charge in [0.15, 0.2) is 0 Å². The number of benzene rings is 2. The van der Waals surface area contributed by atoms with Crippen LogP contribution in [0.4, 0.5) is 0 Å². The molecular weight excluding hydrogens is 434 g/mol. The summed E-state index contributed by atoms with van der Waals surface area (Å²) in [4.78, 5) is 13.8. The summed E-state index contributed by atoms with van der Waals surface area (Å²) in [5.41, 5.74) is 2.16. The van der Waals surface area contributed by atoms with Crippen molar-refractivity contribution < 1.29 is 22.7 Å². The molecule has 8 heteroatoms. The van der Waals surface area contributed by atoms with Crippen LogP contribution >= 0.6 is 11.3 Å². The number of carboxylic acid groups (broad SMARTS) is 1. The minimum atomic E-state index is -4.02. The van der Waals surface area contributed by atoms with E-state index < -0.39 is 28.0 Å². The molecule has 0 unspecified atom stereocenters. The Hall–Kier alpha value is -2.68. The molecule has 31 heavy (non-hydrogen) atoms. The number of hydrogen-bond acceptors (Lipinski definition) is 5. The normalized spacial score (nSPS) is 13.3. The first-order chi connectivity index (χ1) is 14.7. The van der Waals surface area contributed by atoms with Gasteiger partial charge in [0.1, 0.15) is 17.2 Å². The first-order valence-electron chi connectivity index (χ1n) is 10.00. The van der Waals surface area contributed by atoms with Crippen molar-refractivity contribution in [3.63, 3.8) is 0 Å². The van der Waals surface area contributed by atoms with E-state index in [1.807, 2.05) is 18.2 Å². The number of sulfonamides is 1. The zero-order valence-corrected chi connectivity index (χ0v) is 19.0. The Kier molecular flexibility index (Phi) is 5.63. The maximum Gasteiger partial charge on any atom is 0.322 e. The molecule has 6 nitrogen and oxygen atoms in total. The highest BCUT2D eigenvalue weighted by atomic mass is 32.2. The van der Waals surface area contributed by atoms with Gasteiger partial charge in [-0.1, -0.05) is 26.8 Å². The smallest absolute Gasteiger partial charge is 0.322 e. The minimum Gasteiger partial charge on any atom is -0.480 e. The maximum absolute atomic E-state index is 12.8. The number of aryl methyl sites for hydroxylation is 1. The van der Waals surface area contributed by atoms with Gasteiger partial charge in [-0.05, 0) is 54.3 Å². The van der Waals surface area contributed by atoms with Crippen LogP contribution in [0.3, 0.4) is 0 Å². The summed E-state index contributed by atoms with van der Waals surface area (Å²) in [7, 11) is -4.02. The first-order valence-corrected chi connectivity index (χ1v) is 12.3. The summed E-state index contributed by atoms with van der Waals surface area (Å²) in [6.45, 7) is 5.43. The van der Waals surface area contributed by atoms with Gasteiger partial charge in [0.2, 0.25) is 10.0 Å². The minimum absolute atomic E-state index is 0.0305. The van der Waals surface area contributed by atoms with Gasteiger partial charge in [0.05, 0.1) is 4.90 Å². The number of furan rings is 1. The van der Waals surface area contributed by atoms with Crippen LogP contribution in [0.25, 0.3) is 32.4 Å². The van der Waals surface area contributed by atoms with Gasteiger partial charge in [-0.2, -0.15) is 4.72 Å². The third-order valence-corrected chi connectivity index (χ3v) is 7.98. The van der Waals surface area contributed by atoms with E-state index in [-0.39, 0.29) is 4.90 Å². The molecular formula is C23H23NO5S2. The van der Waals surface area contributed by atoms with Gasteiger partial charge in [-0.3, -0.25) is 4.79 Å². The molecule has 2 heterocycles. The molecule has 0 amide bonds. The molecule has 0 saturated heterocycles. The average Bonchev–Trinajstić information content (AvgIpc) is 3.35. The summed E-state index contributed by atoms with van der Waals surface area (Å²) in [5.74, 6) is -1.61. The van der Waals surface area contributed by atoms with E-state index in [9.17, 15) is 18.3 Å². The maximum atomic E-state index is 12.8. The number of thiophene rings is 1. The highest BCUT2D eigenvalue weighted by Crippen LogP contribution is 2.35. The first kappa shape index (κ1) is 21.5. The van der Waals surface area contributed by atoms with Crippen molar-refractivity contribution >= 4 is 49.3 Å². The fraction of sp³-hybridized carbons (Fsp3) is 0.261. The van der Waals surface area contributed by atoms with Gasteiger partial charge in [-0.15, -0.1) is 11.3 Å². The molecule has 0 radical (unpaired) electrons. The lowest BCUT2D eigenvalue weighted by Gasteiger charge is -2.17. The van der Waals surface area contributed by atoms with E-state index in [0.717, 1.165) is 27.6 Å². The lowest BCUT2D eigenvalue weighted by Crippen LogP contribution is -2.44. The molecule has 2 N–H and O–H groups in total. The van der Waals surface area contributed by atoms with Crippen LogP contribution in [0.1, 0.15) is 25.6 Å². The number of nitrogens with one attached hydrogen (secondary N) is 1. The fourth-order valence-electron chi connectivity index (χ4n) is 3.51. The van der Waals surface area contributed by atoms with Gasteiger partial charge in [0, 0.05) is 26.6 Å². The molecule has 4 aromatic rings. The van der Waals surface area contributed by atoms with Crippen LogP contribution in [-0.4, -0.2) is 25.5 Å². The lowest BCUT2D eigenvalue weighted by atomic mass is 10.1. The number of carbonyl (C=O) groups is 1. The van der Waals surface area contributed by atoms with Crippen LogP contribution in [0.5, 0.6) is 0 Å². The van der Waals surface area contributed by atoms with E-state index in [0.29, 0.717) is 11.2 Å². The summed E-state index contributed by atoms with van der Waals surface area (Å²) in [6.07, 6.45) is 0.988. The Morgan fingerprint density at radius 1 is 1.06 bits per heavy atom. The molecule has 0 fully saturated rings. The summed E-state index contributed by atoms with van der Waals surface area (Å²) in [5, 5.41) is 11.0. The van der Waals surface area contributed by atoms with E-state index in [1.165, 1.54) is 17.0 Å². The largest absolute Gasteiger partial charge is 0.480 e. The Labute approximate surface area is 184 Å². The van der Waals surface area contributed by atoms with Crippen molar-refractivity contribution in [1.82, 2.24) is 4.72 Å². The van der Waals surface area contributed by atoms with Crippen LogP contribution < -0.4 is 4.72 Å². The van der Waals surface area contributed by atoms with Crippen molar-refractivity contribution in [3.05, 3.63) is 53.4 Å². The molecule has 0 saturated carbocycles. The molecule has 0 bridgehead atoms. The highest BCUT2D eigenvalue weighted by molar-refractivity contribution is 7.89. The molecule has 0 aliphatic heterocycles. The Morgan fingerprint density at radius 2 is 1.74 bits per heavy atom. The molecule has 0 spiro atoms. The third-order valence-electron chi connectivity index (χ3n) is 5.26. The van der Waals surface area contributed by atoms with Crippen molar-refractivity contribution in [3.8, 4) is 10.4 Å². The lowest BCUT2D eigenvalue weighted by molar-refractivity contribution is -0.140. The molecule has 0 aliphatic rings. The Balaban J connectivity index is 1.73.